The van der Waals surface area contributed by atoms with Crippen molar-refractivity contribution < 1.29 is 14.3 Å². The summed E-state index contributed by atoms with van der Waals surface area (Å²) in [5.74, 6) is 0.252. The number of carbonyl (C=O) groups excluding carboxylic acids is 2. The maximum atomic E-state index is 12.1. The van der Waals surface area contributed by atoms with Gasteiger partial charge in [0, 0.05) is 6.04 Å². The number of hydrogen-bond acceptors (Lipinski definition) is 4. The molecule has 0 heterocycles. The molecule has 0 aliphatic heterocycles. The highest BCUT2D eigenvalue weighted by molar-refractivity contribution is 5.86. The van der Waals surface area contributed by atoms with Crippen LogP contribution in [0.1, 0.15) is 26.2 Å². The van der Waals surface area contributed by atoms with Gasteiger partial charge < -0.3 is 15.8 Å². The molecular formula is C12H20N2O3. The van der Waals surface area contributed by atoms with Crippen LogP contribution in [0.2, 0.25) is 0 Å². The predicted molar refractivity (Wildman–Crippen MR) is 61.9 cm³/mol. The molecule has 5 heteroatoms. The van der Waals surface area contributed by atoms with Crippen molar-refractivity contribution in [2.24, 2.45) is 23.5 Å². The van der Waals surface area contributed by atoms with Gasteiger partial charge in [0.25, 0.3) is 0 Å². The summed E-state index contributed by atoms with van der Waals surface area (Å²) in [4.78, 5) is 23.3. The van der Waals surface area contributed by atoms with Crippen LogP contribution in [-0.4, -0.2) is 31.1 Å². The Hall–Kier alpha value is -1.10. The molecular weight excluding hydrogens is 220 g/mol. The molecule has 3 N–H and O–H groups in total. The van der Waals surface area contributed by atoms with Crippen molar-refractivity contribution in [3.63, 3.8) is 0 Å². The third-order valence-electron chi connectivity index (χ3n) is 4.20. The normalized spacial score (nSPS) is 36.6. The third kappa shape index (κ3) is 2.16. The number of fused-ring (bicyclic) bond motifs is 2. The summed E-state index contributed by atoms with van der Waals surface area (Å²) in [5, 5.41) is 2.69. The molecule has 2 aliphatic carbocycles. The Balaban J connectivity index is 1.94. The molecule has 0 aromatic carbocycles. The number of ether oxygens (including phenoxy) is 1. The summed E-state index contributed by atoms with van der Waals surface area (Å²) in [6, 6.07) is -0.641. The van der Waals surface area contributed by atoms with Gasteiger partial charge in [-0.3, -0.25) is 4.79 Å². The monoisotopic (exact) mass is 240 g/mol. The topological polar surface area (TPSA) is 81.4 Å². The average molecular weight is 240 g/mol. The first-order chi connectivity index (χ1) is 8.04. The zero-order valence-electron chi connectivity index (χ0n) is 10.3. The van der Waals surface area contributed by atoms with E-state index in [1.807, 2.05) is 0 Å². The summed E-state index contributed by atoms with van der Waals surface area (Å²) in [6.07, 6.45) is 3.29. The second-order valence-corrected chi connectivity index (χ2v) is 5.19. The minimum absolute atomic E-state index is 0.0430. The summed E-state index contributed by atoms with van der Waals surface area (Å²) in [6.45, 7) is 1.63. The average Bonchev–Trinajstić information content (AvgIpc) is 2.87. The Labute approximate surface area is 101 Å². The van der Waals surface area contributed by atoms with Crippen molar-refractivity contribution >= 4 is 11.9 Å². The maximum Gasteiger partial charge on any atom is 0.328 e. The Morgan fingerprint density at radius 1 is 1.35 bits per heavy atom. The number of nitrogens with one attached hydrogen (secondary N) is 1. The fourth-order valence-corrected chi connectivity index (χ4v) is 3.27. The predicted octanol–water partition coefficient (Wildman–Crippen LogP) is 0.0375. The van der Waals surface area contributed by atoms with Gasteiger partial charge in [0.2, 0.25) is 5.91 Å². The van der Waals surface area contributed by atoms with Crippen LogP contribution in [0.15, 0.2) is 0 Å². The molecule has 0 spiro atoms. The smallest absolute Gasteiger partial charge is 0.328 e. The Bertz CT molecular complexity index is 330. The number of amides is 1. The van der Waals surface area contributed by atoms with E-state index >= 15 is 0 Å². The van der Waals surface area contributed by atoms with Crippen molar-refractivity contribution in [3.05, 3.63) is 0 Å². The van der Waals surface area contributed by atoms with Gasteiger partial charge in [-0.05, 0) is 38.0 Å². The first kappa shape index (κ1) is 12.4. The van der Waals surface area contributed by atoms with Crippen molar-refractivity contribution in [3.8, 4) is 0 Å². The molecule has 0 saturated heterocycles. The van der Waals surface area contributed by atoms with E-state index in [1.54, 1.807) is 6.92 Å². The van der Waals surface area contributed by atoms with Gasteiger partial charge >= 0.3 is 5.97 Å². The molecule has 0 radical (unpaired) electrons. The van der Waals surface area contributed by atoms with Crippen LogP contribution in [0, 0.1) is 17.8 Å². The van der Waals surface area contributed by atoms with Crippen LogP contribution in [-0.2, 0) is 14.3 Å². The third-order valence-corrected chi connectivity index (χ3v) is 4.20. The van der Waals surface area contributed by atoms with E-state index in [0.717, 1.165) is 19.3 Å². The number of esters is 1. The Kier molecular flexibility index (Phi) is 3.38. The molecule has 0 aromatic heterocycles. The zero-order valence-corrected chi connectivity index (χ0v) is 10.3. The van der Waals surface area contributed by atoms with Gasteiger partial charge in [-0.1, -0.05) is 0 Å². The van der Waals surface area contributed by atoms with Gasteiger partial charge in [0.15, 0.2) is 0 Å². The van der Waals surface area contributed by atoms with Gasteiger partial charge in [-0.25, -0.2) is 4.79 Å². The first-order valence-electron chi connectivity index (χ1n) is 6.18. The van der Waals surface area contributed by atoms with Gasteiger partial charge in [0.1, 0.15) is 6.04 Å². The van der Waals surface area contributed by atoms with Crippen LogP contribution < -0.4 is 11.1 Å². The van der Waals surface area contributed by atoms with Crippen molar-refractivity contribution in [1.29, 1.82) is 0 Å². The number of methoxy groups -OCH3 is 1. The highest BCUT2D eigenvalue weighted by Crippen LogP contribution is 2.47. The molecule has 2 saturated carbocycles. The van der Waals surface area contributed by atoms with Crippen molar-refractivity contribution in [2.45, 2.75) is 38.3 Å². The van der Waals surface area contributed by atoms with Gasteiger partial charge in [-0.15, -0.1) is 0 Å². The van der Waals surface area contributed by atoms with E-state index in [2.05, 4.69) is 10.1 Å². The molecule has 1 amide bonds. The van der Waals surface area contributed by atoms with Crippen LogP contribution in [0.3, 0.4) is 0 Å². The molecule has 96 valence electrons. The number of rotatable bonds is 3. The lowest BCUT2D eigenvalue weighted by Crippen LogP contribution is -2.49. The maximum absolute atomic E-state index is 12.1. The van der Waals surface area contributed by atoms with E-state index in [4.69, 9.17) is 5.73 Å². The molecule has 2 bridgehead atoms. The standard InChI is InChI=1S/C12H20N2O3/c1-6(12(16)17-2)14-11(15)9-7-3-4-8(5-7)10(9)13/h6-10H,3-5,13H2,1-2H3,(H,14,15)/t6-,7?,8?,9?,10?/m1/s1. The molecule has 17 heavy (non-hydrogen) atoms. The lowest BCUT2D eigenvalue weighted by molar-refractivity contribution is -0.145. The minimum atomic E-state index is -0.598. The van der Waals surface area contributed by atoms with Crippen LogP contribution in [0.5, 0.6) is 0 Å². The van der Waals surface area contributed by atoms with Crippen molar-refractivity contribution in [2.75, 3.05) is 7.11 Å². The van der Waals surface area contributed by atoms with E-state index in [9.17, 15) is 9.59 Å². The highest BCUT2D eigenvalue weighted by Gasteiger charge is 2.49. The van der Waals surface area contributed by atoms with Crippen LogP contribution in [0.4, 0.5) is 0 Å². The van der Waals surface area contributed by atoms with E-state index in [0.29, 0.717) is 11.8 Å². The number of nitrogens with two attached hydrogens (primary N) is 1. The molecule has 2 fully saturated rings. The van der Waals surface area contributed by atoms with E-state index < -0.39 is 12.0 Å². The second kappa shape index (κ2) is 4.64. The summed E-state index contributed by atoms with van der Waals surface area (Å²) in [7, 11) is 1.31. The van der Waals surface area contributed by atoms with Crippen molar-refractivity contribution in [1.82, 2.24) is 5.32 Å². The second-order valence-electron chi connectivity index (χ2n) is 5.19. The minimum Gasteiger partial charge on any atom is -0.467 e. The molecule has 5 nitrogen and oxygen atoms in total. The first-order valence-corrected chi connectivity index (χ1v) is 6.18. The molecule has 4 unspecified atom stereocenters. The quantitative estimate of drug-likeness (QED) is 0.682. The summed E-state index contributed by atoms with van der Waals surface area (Å²) < 4.78 is 4.58. The molecule has 2 aliphatic rings. The number of hydrogen-bond donors (Lipinski definition) is 2. The van der Waals surface area contributed by atoms with Crippen LogP contribution in [0.25, 0.3) is 0 Å². The van der Waals surface area contributed by atoms with Crippen LogP contribution >= 0.6 is 0 Å². The number of carbonyl (C=O) groups is 2. The summed E-state index contributed by atoms with van der Waals surface area (Å²) in [5.41, 5.74) is 6.07. The Morgan fingerprint density at radius 2 is 2.00 bits per heavy atom. The molecule has 2 rings (SSSR count). The fraction of sp³-hybridized carbons (Fsp3) is 0.833. The van der Waals surface area contributed by atoms with E-state index in [-0.39, 0.29) is 17.9 Å². The SMILES string of the molecule is COC(=O)[C@@H](C)NC(=O)C1C2CCC(C2)C1N. The largest absolute Gasteiger partial charge is 0.467 e. The van der Waals surface area contributed by atoms with E-state index in [1.165, 1.54) is 7.11 Å². The molecule has 0 aromatic rings. The zero-order chi connectivity index (χ0) is 12.6. The fourth-order valence-electron chi connectivity index (χ4n) is 3.27. The highest BCUT2D eigenvalue weighted by atomic mass is 16.5. The summed E-state index contributed by atoms with van der Waals surface area (Å²) >= 11 is 0. The van der Waals surface area contributed by atoms with Gasteiger partial charge in [-0.2, -0.15) is 0 Å². The lowest BCUT2D eigenvalue weighted by atomic mass is 9.84. The van der Waals surface area contributed by atoms with Gasteiger partial charge in [0.05, 0.1) is 13.0 Å². The molecule has 5 atom stereocenters. The lowest BCUT2D eigenvalue weighted by Gasteiger charge is -2.27. The Morgan fingerprint density at radius 3 is 2.53 bits per heavy atom.